The number of thioether (sulfide) groups is 2. The maximum absolute atomic E-state index is 9.78. The van der Waals surface area contributed by atoms with Gasteiger partial charge in [-0.2, -0.15) is 16.7 Å². The van der Waals surface area contributed by atoms with Crippen molar-refractivity contribution in [2.24, 2.45) is 0 Å². The molecule has 2 unspecified atom stereocenters. The first kappa shape index (κ1) is 13.8. The van der Waals surface area contributed by atoms with E-state index in [0.29, 0.717) is 16.7 Å². The van der Waals surface area contributed by atoms with E-state index < -0.39 is 0 Å². The van der Waals surface area contributed by atoms with E-state index in [9.17, 15) is 5.11 Å². The molecule has 1 fully saturated rings. The van der Waals surface area contributed by atoms with Gasteiger partial charge < -0.3 is 9.63 Å². The quantitative estimate of drug-likeness (QED) is 0.933. The number of nitrogens with zero attached hydrogens (tertiary/aromatic N) is 3. The van der Waals surface area contributed by atoms with Crippen LogP contribution in [0.1, 0.15) is 24.4 Å². The largest absolute Gasteiger partial charge is 0.505 e. The van der Waals surface area contributed by atoms with Gasteiger partial charge in [0.05, 0.1) is 17.0 Å². The number of pyridine rings is 1. The van der Waals surface area contributed by atoms with Crippen LogP contribution in [-0.4, -0.2) is 37.0 Å². The Morgan fingerprint density at radius 1 is 1.40 bits per heavy atom. The predicted octanol–water partition coefficient (Wildman–Crippen LogP) is 3.14. The summed E-state index contributed by atoms with van der Waals surface area (Å²) in [6.07, 6.45) is 4.06. The maximum atomic E-state index is 9.78. The summed E-state index contributed by atoms with van der Waals surface area (Å²) in [5.74, 6) is 3.41. The summed E-state index contributed by atoms with van der Waals surface area (Å²) in [4.78, 5) is 8.31. The number of aromatic nitrogens is 3. The standard InChI is InChI=1S/C13H15N3O2S2/c1-2-10-11(20-6-5-19-10)12-15-13(18-16-12)8-3-4-14-7-9(8)17/h3-4,7,10-11,17H,2,5-6H2,1H3. The number of hydrogen-bond donors (Lipinski definition) is 1. The molecule has 7 heteroatoms. The van der Waals surface area contributed by atoms with Crippen LogP contribution in [0.3, 0.4) is 0 Å². The van der Waals surface area contributed by atoms with E-state index in [1.54, 1.807) is 12.3 Å². The molecule has 1 aliphatic rings. The van der Waals surface area contributed by atoms with E-state index in [2.05, 4.69) is 22.0 Å². The number of aromatic hydroxyl groups is 1. The Labute approximate surface area is 125 Å². The zero-order valence-electron chi connectivity index (χ0n) is 11.0. The van der Waals surface area contributed by atoms with Crippen LogP contribution in [0.2, 0.25) is 0 Å². The lowest BCUT2D eigenvalue weighted by Gasteiger charge is -2.27. The van der Waals surface area contributed by atoms with Gasteiger partial charge in [-0.25, -0.2) is 0 Å². The summed E-state index contributed by atoms with van der Waals surface area (Å²) in [7, 11) is 0. The van der Waals surface area contributed by atoms with Crippen LogP contribution in [0.25, 0.3) is 11.5 Å². The molecule has 20 heavy (non-hydrogen) atoms. The molecular formula is C13H15N3O2S2. The highest BCUT2D eigenvalue weighted by atomic mass is 32.2. The third kappa shape index (κ3) is 2.64. The third-order valence-electron chi connectivity index (χ3n) is 3.18. The van der Waals surface area contributed by atoms with Crippen LogP contribution in [0.15, 0.2) is 23.0 Å². The highest BCUT2D eigenvalue weighted by Crippen LogP contribution is 2.43. The van der Waals surface area contributed by atoms with Crippen LogP contribution < -0.4 is 0 Å². The van der Waals surface area contributed by atoms with E-state index >= 15 is 0 Å². The van der Waals surface area contributed by atoms with E-state index in [1.807, 2.05) is 23.5 Å². The Bertz CT molecular complexity index is 591. The molecule has 0 aromatic carbocycles. The Kier molecular flexibility index (Phi) is 4.16. The van der Waals surface area contributed by atoms with Gasteiger partial charge in [-0.15, -0.1) is 11.8 Å². The van der Waals surface area contributed by atoms with Gasteiger partial charge >= 0.3 is 0 Å². The number of rotatable bonds is 3. The Morgan fingerprint density at radius 3 is 3.05 bits per heavy atom. The fourth-order valence-corrected chi connectivity index (χ4v) is 5.15. The lowest BCUT2D eigenvalue weighted by molar-refractivity contribution is 0.416. The summed E-state index contributed by atoms with van der Waals surface area (Å²) < 4.78 is 5.31. The second-order valence-corrected chi connectivity index (χ2v) is 7.06. The van der Waals surface area contributed by atoms with Gasteiger partial charge in [-0.05, 0) is 12.5 Å². The lowest BCUT2D eigenvalue weighted by atomic mass is 10.2. The minimum absolute atomic E-state index is 0.0559. The molecule has 1 N–H and O–H groups in total. The van der Waals surface area contributed by atoms with Crippen LogP contribution in [-0.2, 0) is 0 Å². The highest BCUT2D eigenvalue weighted by Gasteiger charge is 2.30. The third-order valence-corrected chi connectivity index (χ3v) is 6.42. The minimum atomic E-state index is 0.0559. The molecule has 106 valence electrons. The van der Waals surface area contributed by atoms with Crippen molar-refractivity contribution >= 4 is 23.5 Å². The average Bonchev–Trinajstić information content (AvgIpc) is 2.97. The smallest absolute Gasteiger partial charge is 0.261 e. The van der Waals surface area contributed by atoms with E-state index in [-0.39, 0.29) is 11.0 Å². The van der Waals surface area contributed by atoms with Crippen molar-refractivity contribution in [1.29, 1.82) is 0 Å². The molecule has 1 aliphatic heterocycles. The molecule has 5 nitrogen and oxygen atoms in total. The van der Waals surface area contributed by atoms with Gasteiger partial charge in [0.1, 0.15) is 5.75 Å². The minimum Gasteiger partial charge on any atom is -0.505 e. The van der Waals surface area contributed by atoms with E-state index in [1.165, 1.54) is 11.9 Å². The SMILES string of the molecule is CCC1SCCSC1c1noc(-c2ccncc2O)n1. The van der Waals surface area contributed by atoms with E-state index in [0.717, 1.165) is 18.0 Å². The fraction of sp³-hybridized carbons (Fsp3) is 0.462. The topological polar surface area (TPSA) is 72.0 Å². The van der Waals surface area contributed by atoms with Gasteiger partial charge in [-0.3, -0.25) is 4.98 Å². The monoisotopic (exact) mass is 309 g/mol. The first-order chi connectivity index (χ1) is 9.79. The van der Waals surface area contributed by atoms with Crippen molar-refractivity contribution in [2.75, 3.05) is 11.5 Å². The zero-order chi connectivity index (χ0) is 13.9. The number of hydrogen-bond acceptors (Lipinski definition) is 7. The molecule has 3 heterocycles. The molecule has 2 aromatic heterocycles. The molecule has 0 aliphatic carbocycles. The summed E-state index contributed by atoms with van der Waals surface area (Å²) >= 11 is 3.85. The molecule has 2 atom stereocenters. The molecule has 0 amide bonds. The highest BCUT2D eigenvalue weighted by molar-refractivity contribution is 8.06. The Balaban J connectivity index is 1.88. The van der Waals surface area contributed by atoms with Gasteiger partial charge in [0.15, 0.2) is 5.82 Å². The summed E-state index contributed by atoms with van der Waals surface area (Å²) in [6.45, 7) is 2.19. The average molecular weight is 309 g/mol. The lowest BCUT2D eigenvalue weighted by Crippen LogP contribution is -2.19. The molecule has 3 rings (SSSR count). The molecule has 2 aromatic rings. The second kappa shape index (κ2) is 6.05. The summed E-state index contributed by atoms with van der Waals surface area (Å²) in [5, 5.41) is 14.7. The molecule has 1 saturated heterocycles. The van der Waals surface area contributed by atoms with Crippen molar-refractivity contribution in [2.45, 2.75) is 23.8 Å². The van der Waals surface area contributed by atoms with Gasteiger partial charge in [-0.1, -0.05) is 12.1 Å². The first-order valence-electron chi connectivity index (χ1n) is 6.49. The molecule has 0 bridgehead atoms. The maximum Gasteiger partial charge on any atom is 0.261 e. The Hall–Kier alpha value is -1.21. The van der Waals surface area contributed by atoms with Crippen molar-refractivity contribution in [3.05, 3.63) is 24.3 Å². The molecule has 0 saturated carbocycles. The van der Waals surface area contributed by atoms with Crippen molar-refractivity contribution in [1.82, 2.24) is 15.1 Å². The Morgan fingerprint density at radius 2 is 2.25 bits per heavy atom. The van der Waals surface area contributed by atoms with Gasteiger partial charge in [0.2, 0.25) is 0 Å². The van der Waals surface area contributed by atoms with Crippen molar-refractivity contribution in [3.63, 3.8) is 0 Å². The predicted molar refractivity (Wildman–Crippen MR) is 80.9 cm³/mol. The second-order valence-electron chi connectivity index (χ2n) is 4.46. The molecular weight excluding hydrogens is 294 g/mol. The molecule has 0 radical (unpaired) electrons. The van der Waals surface area contributed by atoms with Crippen LogP contribution in [0, 0.1) is 0 Å². The van der Waals surface area contributed by atoms with E-state index in [4.69, 9.17) is 4.52 Å². The fourth-order valence-electron chi connectivity index (χ4n) is 2.17. The van der Waals surface area contributed by atoms with Crippen LogP contribution in [0.5, 0.6) is 5.75 Å². The van der Waals surface area contributed by atoms with Crippen molar-refractivity contribution in [3.8, 4) is 17.2 Å². The summed E-state index contributed by atoms with van der Waals surface area (Å²) in [6, 6.07) is 1.67. The first-order valence-corrected chi connectivity index (χ1v) is 8.59. The van der Waals surface area contributed by atoms with Crippen LogP contribution >= 0.6 is 23.5 Å². The zero-order valence-corrected chi connectivity index (χ0v) is 12.7. The van der Waals surface area contributed by atoms with Crippen molar-refractivity contribution < 1.29 is 9.63 Å². The molecule has 0 spiro atoms. The van der Waals surface area contributed by atoms with Crippen LogP contribution in [0.4, 0.5) is 0 Å². The summed E-state index contributed by atoms with van der Waals surface area (Å²) in [5.41, 5.74) is 0.528. The van der Waals surface area contributed by atoms with Gasteiger partial charge in [0, 0.05) is 23.0 Å². The normalized spacial score (nSPS) is 22.9. The van der Waals surface area contributed by atoms with Gasteiger partial charge in [0.25, 0.3) is 5.89 Å².